The van der Waals surface area contributed by atoms with Gasteiger partial charge in [0, 0.05) is 12.0 Å². The molecule has 0 saturated heterocycles. The molecule has 1 amide bonds. The van der Waals surface area contributed by atoms with E-state index in [-0.39, 0.29) is 34.1 Å². The molecule has 0 radical (unpaired) electrons. The first-order valence-corrected chi connectivity index (χ1v) is 13.0. The van der Waals surface area contributed by atoms with Gasteiger partial charge in [0.15, 0.2) is 5.82 Å². The highest BCUT2D eigenvalue weighted by atomic mass is 35.5. The lowest BCUT2D eigenvalue weighted by Crippen LogP contribution is -2.33. The van der Waals surface area contributed by atoms with Crippen LogP contribution in [0.1, 0.15) is 48.0 Å². The van der Waals surface area contributed by atoms with Crippen molar-refractivity contribution >= 4 is 39.1 Å². The predicted octanol–water partition coefficient (Wildman–Crippen LogP) is 5.40. The first-order valence-electron chi connectivity index (χ1n) is 10.7. The van der Waals surface area contributed by atoms with Crippen LogP contribution in [0.2, 0.25) is 5.02 Å². The Balaban J connectivity index is 0.000000830. The molecule has 1 aliphatic rings. The largest absolute Gasteiger partial charge is 0.416 e. The highest BCUT2D eigenvalue weighted by Gasteiger charge is 2.30. The van der Waals surface area contributed by atoms with Crippen LogP contribution in [-0.2, 0) is 16.3 Å². The maximum absolute atomic E-state index is 14.3. The van der Waals surface area contributed by atoms with Gasteiger partial charge < -0.3 is 10.4 Å². The van der Waals surface area contributed by atoms with Gasteiger partial charge in [-0.1, -0.05) is 17.7 Å². The van der Waals surface area contributed by atoms with Gasteiger partial charge in [-0.25, -0.2) is 9.38 Å². The molecule has 3 rings (SSSR count). The third-order valence-corrected chi connectivity index (χ3v) is 5.51. The molecule has 3 N–H and O–H groups in total. The van der Waals surface area contributed by atoms with E-state index >= 15 is 0 Å². The standard InChI is InChI=1S/C22H21ClF4N2O2.CH4O3S/c23-17-2-1-3-18(20(17)24)28-19(12-13-4-10-16(30)11-5-13)29-21(31)14-6-8-15(9-7-14)22(25,26)27;1-5(2,3)4/h1-3,6-9,13,16,30H,4-5,10-12H2,(H,28,29,31);1H3,(H,2,3,4). The van der Waals surface area contributed by atoms with Crippen LogP contribution in [0.3, 0.4) is 0 Å². The average Bonchev–Trinajstić information content (AvgIpc) is 2.77. The summed E-state index contributed by atoms with van der Waals surface area (Å²) in [4.78, 5) is 16.9. The molecule has 198 valence electrons. The Morgan fingerprint density at radius 1 is 1.11 bits per heavy atom. The number of carbonyl (C=O) groups excluding carboxylic acids is 1. The van der Waals surface area contributed by atoms with Crippen LogP contribution in [0, 0.1) is 11.7 Å². The van der Waals surface area contributed by atoms with Crippen molar-refractivity contribution < 1.29 is 40.4 Å². The minimum Gasteiger partial charge on any atom is -0.393 e. The Hall–Kier alpha value is -2.54. The number of alkyl halides is 3. The van der Waals surface area contributed by atoms with E-state index in [4.69, 9.17) is 16.2 Å². The number of halogens is 5. The summed E-state index contributed by atoms with van der Waals surface area (Å²) in [5.74, 6) is -1.07. The Bertz CT molecular complexity index is 1170. The number of amidine groups is 1. The smallest absolute Gasteiger partial charge is 0.393 e. The van der Waals surface area contributed by atoms with E-state index in [1.54, 1.807) is 0 Å². The zero-order valence-corrected chi connectivity index (χ0v) is 20.7. The number of hydrogen-bond acceptors (Lipinski definition) is 5. The second kappa shape index (κ2) is 12.6. The Morgan fingerprint density at radius 3 is 2.19 bits per heavy atom. The van der Waals surface area contributed by atoms with Crippen LogP contribution in [0.15, 0.2) is 47.5 Å². The minimum absolute atomic E-state index is 0.0198. The first kappa shape index (κ1) is 29.7. The monoisotopic (exact) mass is 552 g/mol. The van der Waals surface area contributed by atoms with Crippen molar-refractivity contribution in [3.8, 4) is 0 Å². The molecule has 0 atom stereocenters. The molecule has 0 unspecified atom stereocenters. The zero-order chi connectivity index (χ0) is 27.1. The van der Waals surface area contributed by atoms with Crippen LogP contribution >= 0.6 is 11.6 Å². The van der Waals surface area contributed by atoms with Gasteiger partial charge in [-0.2, -0.15) is 21.6 Å². The van der Waals surface area contributed by atoms with Gasteiger partial charge in [0.05, 0.1) is 22.9 Å². The fourth-order valence-corrected chi connectivity index (χ4v) is 3.65. The van der Waals surface area contributed by atoms with Gasteiger partial charge in [0.2, 0.25) is 0 Å². The topological polar surface area (TPSA) is 116 Å². The van der Waals surface area contributed by atoms with Gasteiger partial charge in [-0.3, -0.25) is 9.35 Å². The number of benzene rings is 2. The zero-order valence-electron chi connectivity index (χ0n) is 19.1. The Kier molecular flexibility index (Phi) is 10.4. The third kappa shape index (κ3) is 10.2. The number of aliphatic hydroxyl groups is 1. The molecular weight excluding hydrogens is 528 g/mol. The van der Waals surface area contributed by atoms with E-state index in [0.717, 1.165) is 24.3 Å². The van der Waals surface area contributed by atoms with Gasteiger partial charge >= 0.3 is 6.18 Å². The van der Waals surface area contributed by atoms with Crippen LogP contribution in [0.25, 0.3) is 0 Å². The van der Waals surface area contributed by atoms with Crippen molar-refractivity contribution in [3.05, 3.63) is 64.4 Å². The van der Waals surface area contributed by atoms with E-state index in [0.29, 0.717) is 38.4 Å². The highest BCUT2D eigenvalue weighted by molar-refractivity contribution is 7.85. The summed E-state index contributed by atoms with van der Waals surface area (Å²) in [5, 5.41) is 12.2. The maximum atomic E-state index is 14.3. The molecule has 0 aromatic heterocycles. The maximum Gasteiger partial charge on any atom is 0.416 e. The molecule has 0 aliphatic heterocycles. The van der Waals surface area contributed by atoms with Crippen LogP contribution in [0.5, 0.6) is 0 Å². The lowest BCUT2D eigenvalue weighted by Gasteiger charge is -2.25. The molecule has 1 fully saturated rings. The molecule has 1 saturated carbocycles. The normalized spacial score (nSPS) is 18.7. The van der Waals surface area contributed by atoms with E-state index in [1.807, 2.05) is 0 Å². The molecule has 2 aromatic rings. The van der Waals surface area contributed by atoms with Gasteiger partial charge in [0.25, 0.3) is 16.0 Å². The lowest BCUT2D eigenvalue weighted by atomic mass is 9.85. The molecular formula is C23H25ClF4N2O5S. The predicted molar refractivity (Wildman–Crippen MR) is 127 cm³/mol. The van der Waals surface area contributed by atoms with Crippen molar-refractivity contribution in [2.45, 2.75) is 44.4 Å². The summed E-state index contributed by atoms with van der Waals surface area (Å²) in [6.07, 6.45) is -1.14. The SMILES string of the molecule is CS(=O)(=O)O.O=C(NC(CC1CCC(O)CC1)=Nc1cccc(Cl)c1F)c1ccc(C(F)(F)F)cc1. The molecule has 13 heteroatoms. The second-order valence-electron chi connectivity index (χ2n) is 8.27. The molecule has 7 nitrogen and oxygen atoms in total. The van der Waals surface area contributed by atoms with Crippen LogP contribution < -0.4 is 5.32 Å². The number of hydrogen-bond donors (Lipinski definition) is 3. The van der Waals surface area contributed by atoms with Crippen molar-refractivity contribution in [2.75, 3.05) is 6.26 Å². The minimum atomic E-state index is -4.50. The number of aliphatic imine (C=N–C) groups is 1. The number of amides is 1. The third-order valence-electron chi connectivity index (χ3n) is 5.22. The summed E-state index contributed by atoms with van der Waals surface area (Å²) >= 11 is 5.81. The van der Waals surface area contributed by atoms with Gasteiger partial charge in [-0.05, 0) is 68.0 Å². The summed E-state index contributed by atoms with van der Waals surface area (Å²) in [6, 6.07) is 8.11. The van der Waals surface area contributed by atoms with Crippen molar-refractivity contribution in [3.63, 3.8) is 0 Å². The fourth-order valence-electron chi connectivity index (χ4n) is 3.49. The second-order valence-corrected chi connectivity index (χ2v) is 10.1. The van der Waals surface area contributed by atoms with E-state index in [2.05, 4.69) is 10.3 Å². The molecule has 0 heterocycles. The van der Waals surface area contributed by atoms with Gasteiger partial charge in [0.1, 0.15) is 11.5 Å². The lowest BCUT2D eigenvalue weighted by molar-refractivity contribution is -0.137. The fraction of sp³-hybridized carbons (Fsp3) is 0.391. The Morgan fingerprint density at radius 2 is 1.67 bits per heavy atom. The van der Waals surface area contributed by atoms with Crippen molar-refractivity contribution in [1.82, 2.24) is 5.32 Å². The van der Waals surface area contributed by atoms with E-state index < -0.39 is 33.6 Å². The van der Waals surface area contributed by atoms with E-state index in [9.17, 15) is 35.9 Å². The number of nitrogens with zero attached hydrogens (tertiary/aromatic N) is 1. The number of rotatable bonds is 4. The van der Waals surface area contributed by atoms with Crippen molar-refractivity contribution in [2.24, 2.45) is 10.9 Å². The quantitative estimate of drug-likeness (QED) is 0.203. The number of carbonyl (C=O) groups is 1. The summed E-state index contributed by atoms with van der Waals surface area (Å²) < 4.78 is 78.4. The molecule has 36 heavy (non-hydrogen) atoms. The number of nitrogens with one attached hydrogen (secondary N) is 1. The molecule has 0 spiro atoms. The average molecular weight is 553 g/mol. The summed E-state index contributed by atoms with van der Waals surface area (Å²) in [7, 11) is -3.67. The summed E-state index contributed by atoms with van der Waals surface area (Å²) in [6.45, 7) is 0. The first-order chi connectivity index (χ1) is 16.6. The van der Waals surface area contributed by atoms with Gasteiger partial charge in [-0.15, -0.1) is 0 Å². The van der Waals surface area contributed by atoms with Crippen molar-refractivity contribution in [1.29, 1.82) is 0 Å². The summed E-state index contributed by atoms with van der Waals surface area (Å²) in [5.41, 5.74) is -0.892. The van der Waals surface area contributed by atoms with E-state index in [1.165, 1.54) is 18.2 Å². The number of aliphatic hydroxyl groups excluding tert-OH is 1. The Labute approximate surface area is 210 Å². The molecule has 1 aliphatic carbocycles. The molecule has 0 bridgehead atoms. The highest BCUT2D eigenvalue weighted by Crippen LogP contribution is 2.30. The van der Waals surface area contributed by atoms with Crippen LogP contribution in [0.4, 0.5) is 23.2 Å². The van der Waals surface area contributed by atoms with Crippen LogP contribution in [-0.4, -0.2) is 42.2 Å². The molecule has 2 aromatic carbocycles.